The molecule has 1 rings (SSSR count). The Hall–Kier alpha value is -1.23. The molecule has 15 heavy (non-hydrogen) atoms. The third-order valence-corrected chi connectivity index (χ3v) is 2.59. The van der Waals surface area contributed by atoms with Gasteiger partial charge in [0.25, 0.3) is 0 Å². The van der Waals surface area contributed by atoms with E-state index in [9.17, 15) is 4.79 Å². The highest BCUT2D eigenvalue weighted by molar-refractivity contribution is 9.10. The molecular formula is C10H13BrN2O2. The minimum absolute atomic E-state index is 0.150. The Labute approximate surface area is 96.7 Å². The number of carbonyl (C=O) groups excluding carboxylic acids is 1. The molecule has 0 saturated heterocycles. The fraction of sp³-hybridized carbons (Fsp3) is 0.300. The Morgan fingerprint density at radius 1 is 1.40 bits per heavy atom. The zero-order valence-electron chi connectivity index (χ0n) is 8.42. The summed E-state index contributed by atoms with van der Waals surface area (Å²) in [4.78, 5) is 11.2. The highest BCUT2D eigenvalue weighted by Gasteiger charge is 2.09. The molecule has 4 N–H and O–H groups in total. The summed E-state index contributed by atoms with van der Waals surface area (Å²) < 4.78 is 5.55. The second-order valence-corrected chi connectivity index (χ2v) is 3.91. The topological polar surface area (TPSA) is 78.3 Å². The summed E-state index contributed by atoms with van der Waals surface area (Å²) >= 11 is 3.26. The van der Waals surface area contributed by atoms with E-state index in [2.05, 4.69) is 15.9 Å². The number of hydrogen-bond acceptors (Lipinski definition) is 4. The molecule has 0 aliphatic rings. The summed E-state index contributed by atoms with van der Waals surface area (Å²) in [6.07, 6.45) is 0.150. The molecule has 0 heterocycles. The van der Waals surface area contributed by atoms with E-state index in [0.717, 1.165) is 4.47 Å². The third-order valence-electron chi connectivity index (χ3n) is 1.90. The van der Waals surface area contributed by atoms with E-state index in [1.807, 2.05) is 0 Å². The summed E-state index contributed by atoms with van der Waals surface area (Å²) in [6, 6.07) is 3.36. The van der Waals surface area contributed by atoms with E-state index in [0.29, 0.717) is 23.5 Å². The molecule has 4 nitrogen and oxygen atoms in total. The van der Waals surface area contributed by atoms with Crippen LogP contribution in [0.3, 0.4) is 0 Å². The van der Waals surface area contributed by atoms with E-state index in [1.54, 1.807) is 19.1 Å². The van der Waals surface area contributed by atoms with Gasteiger partial charge in [-0.25, -0.2) is 0 Å². The van der Waals surface area contributed by atoms with Crippen molar-refractivity contribution in [1.29, 1.82) is 0 Å². The number of rotatable bonds is 3. The average Bonchev–Trinajstić information content (AvgIpc) is 2.14. The molecule has 0 aliphatic carbocycles. The van der Waals surface area contributed by atoms with Gasteiger partial charge in [0.05, 0.1) is 13.0 Å². The van der Waals surface area contributed by atoms with Crippen LogP contribution in [0, 0.1) is 0 Å². The van der Waals surface area contributed by atoms with E-state index < -0.39 is 0 Å². The minimum Gasteiger partial charge on any atom is -0.466 e. The average molecular weight is 273 g/mol. The zero-order chi connectivity index (χ0) is 11.4. The van der Waals surface area contributed by atoms with Crippen LogP contribution in [0.5, 0.6) is 0 Å². The van der Waals surface area contributed by atoms with Gasteiger partial charge in [-0.3, -0.25) is 4.79 Å². The van der Waals surface area contributed by atoms with Crippen LogP contribution < -0.4 is 11.5 Å². The minimum atomic E-state index is -0.300. The molecule has 0 amide bonds. The Balaban J connectivity index is 2.86. The number of esters is 1. The van der Waals surface area contributed by atoms with Crippen molar-refractivity contribution in [2.45, 2.75) is 13.3 Å². The monoisotopic (exact) mass is 272 g/mol. The summed E-state index contributed by atoms with van der Waals surface area (Å²) in [6.45, 7) is 2.13. The van der Waals surface area contributed by atoms with Crippen molar-refractivity contribution in [3.05, 3.63) is 22.2 Å². The molecule has 1 aromatic rings. The first kappa shape index (κ1) is 11.8. The van der Waals surface area contributed by atoms with Gasteiger partial charge in [0.2, 0.25) is 0 Å². The van der Waals surface area contributed by atoms with Gasteiger partial charge >= 0.3 is 5.97 Å². The van der Waals surface area contributed by atoms with Crippen LogP contribution in [0.2, 0.25) is 0 Å². The smallest absolute Gasteiger partial charge is 0.310 e. The standard InChI is InChI=1S/C10H13BrN2O2/c1-2-15-10(14)4-6-3-9(13)7(11)5-8(6)12/h3,5H,2,4,12-13H2,1H3. The second kappa shape index (κ2) is 5.02. The van der Waals surface area contributed by atoms with Gasteiger partial charge in [-0.2, -0.15) is 0 Å². The van der Waals surface area contributed by atoms with Crippen molar-refractivity contribution >= 4 is 33.3 Å². The number of benzene rings is 1. The van der Waals surface area contributed by atoms with Crippen LogP contribution in [0.25, 0.3) is 0 Å². The molecule has 0 unspecified atom stereocenters. The van der Waals surface area contributed by atoms with Crippen LogP contribution in [0.4, 0.5) is 11.4 Å². The van der Waals surface area contributed by atoms with Gasteiger partial charge in [0.15, 0.2) is 0 Å². The van der Waals surface area contributed by atoms with Gasteiger partial charge in [0.1, 0.15) is 0 Å². The van der Waals surface area contributed by atoms with Crippen LogP contribution in [-0.4, -0.2) is 12.6 Å². The molecule has 0 aliphatic heterocycles. The van der Waals surface area contributed by atoms with Gasteiger partial charge in [0, 0.05) is 15.8 Å². The fourth-order valence-corrected chi connectivity index (χ4v) is 1.53. The number of carbonyl (C=O) groups is 1. The Morgan fingerprint density at radius 3 is 2.67 bits per heavy atom. The molecule has 5 heteroatoms. The van der Waals surface area contributed by atoms with Crippen LogP contribution in [-0.2, 0) is 16.0 Å². The van der Waals surface area contributed by atoms with Gasteiger partial charge in [-0.1, -0.05) is 0 Å². The van der Waals surface area contributed by atoms with Crippen LogP contribution in [0.15, 0.2) is 16.6 Å². The lowest BCUT2D eigenvalue weighted by Crippen LogP contribution is -2.09. The normalized spacial score (nSPS) is 10.0. The molecule has 0 aromatic heterocycles. The SMILES string of the molecule is CCOC(=O)Cc1cc(N)c(Br)cc1N. The number of halogens is 1. The number of hydrogen-bond donors (Lipinski definition) is 2. The molecule has 0 saturated carbocycles. The van der Waals surface area contributed by atoms with Gasteiger partial charge < -0.3 is 16.2 Å². The lowest BCUT2D eigenvalue weighted by atomic mass is 10.1. The molecule has 0 bridgehead atoms. The summed E-state index contributed by atoms with van der Waals surface area (Å²) in [5.74, 6) is -0.300. The van der Waals surface area contributed by atoms with Gasteiger partial charge in [-0.05, 0) is 40.5 Å². The van der Waals surface area contributed by atoms with E-state index in [4.69, 9.17) is 16.2 Å². The number of nitrogen functional groups attached to an aromatic ring is 2. The Bertz CT molecular complexity index is 380. The largest absolute Gasteiger partial charge is 0.466 e. The molecule has 0 spiro atoms. The lowest BCUT2D eigenvalue weighted by molar-refractivity contribution is -0.142. The maximum atomic E-state index is 11.2. The quantitative estimate of drug-likeness (QED) is 0.649. The predicted octanol–water partition coefficient (Wildman–Crippen LogP) is 1.72. The molecule has 0 atom stereocenters. The lowest BCUT2D eigenvalue weighted by Gasteiger charge is -2.08. The van der Waals surface area contributed by atoms with E-state index >= 15 is 0 Å². The first-order valence-corrected chi connectivity index (χ1v) is 5.33. The van der Waals surface area contributed by atoms with Crippen molar-refractivity contribution in [3.63, 3.8) is 0 Å². The van der Waals surface area contributed by atoms with Crippen molar-refractivity contribution in [2.75, 3.05) is 18.1 Å². The summed E-state index contributed by atoms with van der Waals surface area (Å²) in [5, 5.41) is 0. The zero-order valence-corrected chi connectivity index (χ0v) is 10.0. The fourth-order valence-electron chi connectivity index (χ4n) is 1.17. The highest BCUT2D eigenvalue weighted by Crippen LogP contribution is 2.26. The molecule has 0 fully saturated rings. The highest BCUT2D eigenvalue weighted by atomic mass is 79.9. The molecule has 82 valence electrons. The Kier molecular flexibility index (Phi) is 3.96. The number of anilines is 2. The van der Waals surface area contributed by atoms with E-state index in [-0.39, 0.29) is 12.4 Å². The number of nitrogens with two attached hydrogens (primary N) is 2. The molecular weight excluding hydrogens is 260 g/mol. The van der Waals surface area contributed by atoms with Crippen molar-refractivity contribution < 1.29 is 9.53 Å². The van der Waals surface area contributed by atoms with Crippen molar-refractivity contribution in [2.24, 2.45) is 0 Å². The molecule has 1 aromatic carbocycles. The first-order valence-electron chi connectivity index (χ1n) is 4.53. The van der Waals surface area contributed by atoms with Crippen molar-refractivity contribution in [3.8, 4) is 0 Å². The van der Waals surface area contributed by atoms with Crippen LogP contribution >= 0.6 is 15.9 Å². The predicted molar refractivity (Wildman–Crippen MR) is 63.3 cm³/mol. The number of ether oxygens (including phenoxy) is 1. The van der Waals surface area contributed by atoms with E-state index in [1.165, 1.54) is 0 Å². The van der Waals surface area contributed by atoms with Gasteiger partial charge in [-0.15, -0.1) is 0 Å². The maximum absolute atomic E-state index is 11.2. The van der Waals surface area contributed by atoms with Crippen LogP contribution in [0.1, 0.15) is 12.5 Å². The second-order valence-electron chi connectivity index (χ2n) is 3.05. The Morgan fingerprint density at radius 2 is 2.07 bits per heavy atom. The summed E-state index contributed by atoms with van der Waals surface area (Å²) in [5.41, 5.74) is 13.2. The maximum Gasteiger partial charge on any atom is 0.310 e. The summed E-state index contributed by atoms with van der Waals surface area (Å²) in [7, 11) is 0. The van der Waals surface area contributed by atoms with Crippen molar-refractivity contribution in [1.82, 2.24) is 0 Å². The first-order chi connectivity index (χ1) is 7.04. The third kappa shape index (κ3) is 3.13. The molecule has 0 radical (unpaired) electrons.